The van der Waals surface area contributed by atoms with Crippen molar-refractivity contribution in [2.75, 3.05) is 10.6 Å². The Morgan fingerprint density at radius 2 is 1.35 bits per heavy atom. The molecule has 0 aromatic heterocycles. The molecule has 0 saturated carbocycles. The van der Waals surface area contributed by atoms with Gasteiger partial charge in [-0.05, 0) is 67.1 Å². The number of amides is 2. The third-order valence-corrected chi connectivity index (χ3v) is 4.11. The van der Waals surface area contributed by atoms with E-state index in [-0.39, 0.29) is 11.8 Å². The Hall–Kier alpha value is -3.11. The summed E-state index contributed by atoms with van der Waals surface area (Å²) >= 11 is 5.92. The SMILES string of the molecule is Cc1cc(Cl)ccc1NC(=O)c1ccc(C(=O)Nc2ccccc2)cc1. The van der Waals surface area contributed by atoms with Gasteiger partial charge in [0.05, 0.1) is 0 Å². The molecule has 2 N–H and O–H groups in total. The van der Waals surface area contributed by atoms with Gasteiger partial charge in [0.25, 0.3) is 11.8 Å². The van der Waals surface area contributed by atoms with Gasteiger partial charge >= 0.3 is 0 Å². The molecule has 0 atom stereocenters. The van der Waals surface area contributed by atoms with Gasteiger partial charge in [-0.2, -0.15) is 0 Å². The highest BCUT2D eigenvalue weighted by Gasteiger charge is 2.10. The smallest absolute Gasteiger partial charge is 0.255 e. The predicted molar refractivity (Wildman–Crippen MR) is 105 cm³/mol. The van der Waals surface area contributed by atoms with Crippen molar-refractivity contribution in [2.45, 2.75) is 6.92 Å². The van der Waals surface area contributed by atoms with Crippen LogP contribution in [0.15, 0.2) is 72.8 Å². The van der Waals surface area contributed by atoms with Crippen LogP contribution in [0.5, 0.6) is 0 Å². The van der Waals surface area contributed by atoms with E-state index in [2.05, 4.69) is 10.6 Å². The van der Waals surface area contributed by atoms with Crippen LogP contribution in [0.3, 0.4) is 0 Å². The molecule has 0 radical (unpaired) electrons. The Kier molecular flexibility index (Phi) is 5.34. The fraction of sp³-hybridized carbons (Fsp3) is 0.0476. The summed E-state index contributed by atoms with van der Waals surface area (Å²) in [5.41, 5.74) is 3.25. The zero-order chi connectivity index (χ0) is 18.5. The standard InChI is InChI=1S/C21H17ClN2O2/c1-14-13-17(22)11-12-19(14)24-21(26)16-9-7-15(8-10-16)20(25)23-18-5-3-2-4-6-18/h2-13H,1H3,(H,23,25)(H,24,26). The molecular formula is C21H17ClN2O2. The van der Waals surface area contributed by atoms with Crippen LogP contribution in [0.25, 0.3) is 0 Å². The fourth-order valence-electron chi connectivity index (χ4n) is 2.46. The molecule has 2 amide bonds. The summed E-state index contributed by atoms with van der Waals surface area (Å²) in [5.74, 6) is -0.470. The van der Waals surface area contributed by atoms with Crippen molar-refractivity contribution in [3.8, 4) is 0 Å². The number of para-hydroxylation sites is 1. The van der Waals surface area contributed by atoms with E-state index < -0.39 is 0 Å². The second kappa shape index (κ2) is 7.85. The molecule has 130 valence electrons. The van der Waals surface area contributed by atoms with E-state index in [1.807, 2.05) is 37.3 Å². The Balaban J connectivity index is 1.68. The van der Waals surface area contributed by atoms with Crippen molar-refractivity contribution in [3.63, 3.8) is 0 Å². The lowest BCUT2D eigenvalue weighted by molar-refractivity contribution is 0.101. The van der Waals surface area contributed by atoms with Crippen LogP contribution in [-0.4, -0.2) is 11.8 Å². The zero-order valence-electron chi connectivity index (χ0n) is 14.1. The second-order valence-electron chi connectivity index (χ2n) is 5.81. The van der Waals surface area contributed by atoms with Crippen LogP contribution in [0.4, 0.5) is 11.4 Å². The minimum Gasteiger partial charge on any atom is -0.322 e. The number of carbonyl (C=O) groups is 2. The fourth-order valence-corrected chi connectivity index (χ4v) is 2.69. The maximum absolute atomic E-state index is 12.4. The molecule has 0 bridgehead atoms. The first-order valence-corrected chi connectivity index (χ1v) is 8.45. The van der Waals surface area contributed by atoms with Gasteiger partial charge in [0.1, 0.15) is 0 Å². The lowest BCUT2D eigenvalue weighted by Crippen LogP contribution is -2.14. The molecule has 3 rings (SSSR count). The van der Waals surface area contributed by atoms with Gasteiger partial charge in [0, 0.05) is 27.5 Å². The molecule has 0 aliphatic rings. The van der Waals surface area contributed by atoms with Crippen molar-refractivity contribution < 1.29 is 9.59 Å². The van der Waals surface area contributed by atoms with E-state index >= 15 is 0 Å². The quantitative estimate of drug-likeness (QED) is 0.672. The highest BCUT2D eigenvalue weighted by molar-refractivity contribution is 6.30. The highest BCUT2D eigenvalue weighted by atomic mass is 35.5. The van der Waals surface area contributed by atoms with Gasteiger partial charge in [-0.15, -0.1) is 0 Å². The average Bonchev–Trinajstić information content (AvgIpc) is 2.65. The van der Waals surface area contributed by atoms with Crippen LogP contribution < -0.4 is 10.6 Å². The van der Waals surface area contributed by atoms with E-state index in [9.17, 15) is 9.59 Å². The van der Waals surface area contributed by atoms with Crippen LogP contribution in [0.2, 0.25) is 5.02 Å². The van der Waals surface area contributed by atoms with Gasteiger partial charge in [-0.3, -0.25) is 9.59 Å². The lowest BCUT2D eigenvalue weighted by atomic mass is 10.1. The van der Waals surface area contributed by atoms with E-state index in [1.165, 1.54) is 0 Å². The first kappa shape index (κ1) is 17.7. The van der Waals surface area contributed by atoms with Crippen molar-refractivity contribution in [2.24, 2.45) is 0 Å². The highest BCUT2D eigenvalue weighted by Crippen LogP contribution is 2.20. The van der Waals surface area contributed by atoms with Gasteiger partial charge in [0.15, 0.2) is 0 Å². The molecular weight excluding hydrogens is 348 g/mol. The number of hydrogen-bond acceptors (Lipinski definition) is 2. The predicted octanol–water partition coefficient (Wildman–Crippen LogP) is 5.15. The number of carbonyl (C=O) groups excluding carboxylic acids is 2. The van der Waals surface area contributed by atoms with E-state index in [0.29, 0.717) is 21.8 Å². The first-order chi connectivity index (χ1) is 12.5. The van der Waals surface area contributed by atoms with Crippen LogP contribution in [0.1, 0.15) is 26.3 Å². The first-order valence-electron chi connectivity index (χ1n) is 8.07. The summed E-state index contributed by atoms with van der Waals surface area (Å²) in [4.78, 5) is 24.6. The molecule has 0 heterocycles. The summed E-state index contributed by atoms with van der Waals surface area (Å²) in [7, 11) is 0. The topological polar surface area (TPSA) is 58.2 Å². The molecule has 0 aliphatic carbocycles. The summed E-state index contributed by atoms with van der Waals surface area (Å²) in [6, 6.07) is 21.0. The Morgan fingerprint density at radius 3 is 1.92 bits per heavy atom. The van der Waals surface area contributed by atoms with Crippen LogP contribution in [-0.2, 0) is 0 Å². The van der Waals surface area contributed by atoms with E-state index in [1.54, 1.807) is 42.5 Å². The van der Waals surface area contributed by atoms with E-state index in [0.717, 1.165) is 11.3 Å². The Labute approximate surface area is 156 Å². The number of hydrogen-bond donors (Lipinski definition) is 2. The molecule has 0 aliphatic heterocycles. The molecule has 3 aromatic rings. The van der Waals surface area contributed by atoms with Crippen molar-refractivity contribution in [3.05, 3.63) is 94.5 Å². The van der Waals surface area contributed by atoms with Crippen LogP contribution >= 0.6 is 11.6 Å². The Morgan fingerprint density at radius 1 is 0.769 bits per heavy atom. The molecule has 0 spiro atoms. The molecule has 5 heteroatoms. The second-order valence-corrected chi connectivity index (χ2v) is 6.25. The summed E-state index contributed by atoms with van der Waals surface area (Å²) in [6.45, 7) is 1.87. The minimum absolute atomic E-state index is 0.225. The number of anilines is 2. The van der Waals surface area contributed by atoms with E-state index in [4.69, 9.17) is 11.6 Å². The molecule has 3 aromatic carbocycles. The van der Waals surface area contributed by atoms with Crippen molar-refractivity contribution in [1.82, 2.24) is 0 Å². The summed E-state index contributed by atoms with van der Waals surface area (Å²) < 4.78 is 0. The van der Waals surface area contributed by atoms with Crippen molar-refractivity contribution >= 4 is 34.8 Å². The number of halogens is 1. The third-order valence-electron chi connectivity index (χ3n) is 3.88. The average molecular weight is 365 g/mol. The monoisotopic (exact) mass is 364 g/mol. The maximum atomic E-state index is 12.4. The van der Waals surface area contributed by atoms with Gasteiger partial charge in [0.2, 0.25) is 0 Å². The number of benzene rings is 3. The maximum Gasteiger partial charge on any atom is 0.255 e. The summed E-state index contributed by atoms with van der Waals surface area (Å²) in [5, 5.41) is 6.27. The number of nitrogens with one attached hydrogen (secondary N) is 2. The third kappa shape index (κ3) is 4.29. The Bertz CT molecular complexity index is 938. The molecule has 0 fully saturated rings. The molecule has 4 nitrogen and oxygen atoms in total. The van der Waals surface area contributed by atoms with Gasteiger partial charge in [-0.25, -0.2) is 0 Å². The zero-order valence-corrected chi connectivity index (χ0v) is 14.9. The molecule has 26 heavy (non-hydrogen) atoms. The lowest BCUT2D eigenvalue weighted by Gasteiger charge is -2.09. The minimum atomic E-state index is -0.245. The number of aryl methyl sites for hydroxylation is 1. The molecule has 0 saturated heterocycles. The largest absolute Gasteiger partial charge is 0.322 e. The van der Waals surface area contributed by atoms with Crippen LogP contribution in [0, 0.1) is 6.92 Å². The van der Waals surface area contributed by atoms with Gasteiger partial charge < -0.3 is 10.6 Å². The van der Waals surface area contributed by atoms with Gasteiger partial charge in [-0.1, -0.05) is 29.8 Å². The normalized spacial score (nSPS) is 10.2. The molecule has 0 unspecified atom stereocenters. The van der Waals surface area contributed by atoms with Crippen molar-refractivity contribution in [1.29, 1.82) is 0 Å². The summed E-state index contributed by atoms with van der Waals surface area (Å²) in [6.07, 6.45) is 0. The number of rotatable bonds is 4.